The van der Waals surface area contributed by atoms with Crippen LogP contribution in [0.5, 0.6) is 0 Å². The van der Waals surface area contributed by atoms with E-state index < -0.39 is 11.5 Å². The van der Waals surface area contributed by atoms with Crippen molar-refractivity contribution >= 4 is 17.3 Å². The summed E-state index contributed by atoms with van der Waals surface area (Å²) in [5, 5.41) is 12.2. The van der Waals surface area contributed by atoms with Crippen LogP contribution in [0.15, 0.2) is 22.4 Å². The van der Waals surface area contributed by atoms with Crippen molar-refractivity contribution in [1.29, 1.82) is 0 Å². The standard InChI is InChI=1S/C15H18N2O3S/c1-9(2)13-16-11(8-21-13)5-7-17-6-4-10(3)12(14(17)18)15(19)20/h4,6,8-9H,5,7H2,1-3H3,(H,19,20). The molecule has 112 valence electrons. The van der Waals surface area contributed by atoms with Crippen molar-refractivity contribution in [3.63, 3.8) is 0 Å². The number of aromatic nitrogens is 2. The van der Waals surface area contributed by atoms with Gasteiger partial charge in [-0.15, -0.1) is 11.3 Å². The van der Waals surface area contributed by atoms with Crippen molar-refractivity contribution in [3.8, 4) is 0 Å². The molecule has 0 aliphatic carbocycles. The van der Waals surface area contributed by atoms with Crippen molar-refractivity contribution in [1.82, 2.24) is 9.55 Å². The molecule has 0 saturated carbocycles. The molecule has 6 heteroatoms. The van der Waals surface area contributed by atoms with Gasteiger partial charge in [0.1, 0.15) is 5.56 Å². The molecular weight excluding hydrogens is 288 g/mol. The molecule has 2 rings (SSSR count). The van der Waals surface area contributed by atoms with Crippen LogP contribution in [0.4, 0.5) is 0 Å². The molecule has 0 atom stereocenters. The third kappa shape index (κ3) is 3.39. The van der Waals surface area contributed by atoms with Gasteiger partial charge in [0.05, 0.1) is 10.7 Å². The molecule has 0 bridgehead atoms. The number of thiazole rings is 1. The van der Waals surface area contributed by atoms with Crippen LogP contribution < -0.4 is 5.56 Å². The lowest BCUT2D eigenvalue weighted by molar-refractivity contribution is 0.0693. The van der Waals surface area contributed by atoms with Crippen molar-refractivity contribution in [2.75, 3.05) is 0 Å². The molecule has 2 aromatic heterocycles. The maximum absolute atomic E-state index is 12.1. The minimum Gasteiger partial charge on any atom is -0.477 e. The number of pyridine rings is 1. The number of carboxylic acid groups (broad SMARTS) is 1. The molecule has 0 aliphatic rings. The lowest BCUT2D eigenvalue weighted by Crippen LogP contribution is -2.27. The number of aryl methyl sites for hydroxylation is 3. The number of rotatable bonds is 5. The fourth-order valence-electron chi connectivity index (χ4n) is 2.04. The van der Waals surface area contributed by atoms with E-state index in [0.29, 0.717) is 24.4 Å². The van der Waals surface area contributed by atoms with Crippen LogP contribution in [-0.4, -0.2) is 20.6 Å². The summed E-state index contributed by atoms with van der Waals surface area (Å²) in [6.07, 6.45) is 2.26. The smallest absolute Gasteiger partial charge is 0.341 e. The molecule has 0 spiro atoms. The summed E-state index contributed by atoms with van der Waals surface area (Å²) < 4.78 is 1.44. The van der Waals surface area contributed by atoms with Crippen LogP contribution in [0.1, 0.15) is 46.4 Å². The van der Waals surface area contributed by atoms with Crippen LogP contribution in [0, 0.1) is 6.92 Å². The predicted molar refractivity (Wildman–Crippen MR) is 82.3 cm³/mol. The Morgan fingerprint density at radius 1 is 1.48 bits per heavy atom. The van der Waals surface area contributed by atoms with E-state index in [4.69, 9.17) is 5.11 Å². The molecule has 0 fully saturated rings. The summed E-state index contributed by atoms with van der Waals surface area (Å²) in [6, 6.07) is 1.66. The van der Waals surface area contributed by atoms with E-state index >= 15 is 0 Å². The lowest BCUT2D eigenvalue weighted by atomic mass is 10.1. The Labute approximate surface area is 126 Å². The Balaban J connectivity index is 2.18. The fraction of sp³-hybridized carbons (Fsp3) is 0.400. The van der Waals surface area contributed by atoms with E-state index in [2.05, 4.69) is 18.8 Å². The number of aromatic carboxylic acids is 1. The van der Waals surface area contributed by atoms with Crippen LogP contribution in [0.25, 0.3) is 0 Å². The van der Waals surface area contributed by atoms with Gasteiger partial charge in [0, 0.05) is 30.5 Å². The van der Waals surface area contributed by atoms with E-state index in [1.807, 2.05) is 5.38 Å². The van der Waals surface area contributed by atoms with Crippen molar-refractivity contribution in [2.45, 2.75) is 39.7 Å². The summed E-state index contributed by atoms with van der Waals surface area (Å²) in [5.41, 5.74) is 0.813. The highest BCUT2D eigenvalue weighted by Crippen LogP contribution is 2.19. The van der Waals surface area contributed by atoms with Gasteiger partial charge < -0.3 is 9.67 Å². The van der Waals surface area contributed by atoms with Gasteiger partial charge in [0.25, 0.3) is 5.56 Å². The first-order valence-corrected chi connectivity index (χ1v) is 7.65. The monoisotopic (exact) mass is 306 g/mol. The maximum Gasteiger partial charge on any atom is 0.341 e. The molecule has 0 aromatic carbocycles. The second kappa shape index (κ2) is 6.22. The average molecular weight is 306 g/mol. The molecule has 21 heavy (non-hydrogen) atoms. The van der Waals surface area contributed by atoms with Crippen LogP contribution >= 0.6 is 11.3 Å². The zero-order valence-electron chi connectivity index (χ0n) is 12.3. The Morgan fingerprint density at radius 3 is 2.76 bits per heavy atom. The number of hydrogen-bond acceptors (Lipinski definition) is 4. The van der Waals surface area contributed by atoms with Crippen LogP contribution in [0.3, 0.4) is 0 Å². The third-order valence-corrected chi connectivity index (χ3v) is 4.45. The van der Waals surface area contributed by atoms with Crippen molar-refractivity contribution in [2.24, 2.45) is 0 Å². The quantitative estimate of drug-likeness (QED) is 0.922. The maximum atomic E-state index is 12.1. The molecule has 2 heterocycles. The highest BCUT2D eigenvalue weighted by molar-refractivity contribution is 7.09. The normalized spacial score (nSPS) is 11.0. The Hall–Kier alpha value is -1.95. The van der Waals surface area contributed by atoms with Gasteiger partial charge in [-0.25, -0.2) is 9.78 Å². The van der Waals surface area contributed by atoms with Gasteiger partial charge in [-0.05, 0) is 18.6 Å². The van der Waals surface area contributed by atoms with Crippen molar-refractivity contribution < 1.29 is 9.90 Å². The highest BCUT2D eigenvalue weighted by Gasteiger charge is 2.14. The van der Waals surface area contributed by atoms with Gasteiger partial charge in [-0.3, -0.25) is 4.79 Å². The number of carboxylic acids is 1. The first-order valence-electron chi connectivity index (χ1n) is 6.77. The molecule has 5 nitrogen and oxygen atoms in total. The van der Waals surface area contributed by atoms with Gasteiger partial charge in [0.15, 0.2) is 0 Å². The molecule has 0 aliphatic heterocycles. The Bertz CT molecular complexity index is 716. The molecule has 2 aromatic rings. The highest BCUT2D eigenvalue weighted by atomic mass is 32.1. The summed E-state index contributed by atoms with van der Waals surface area (Å²) in [7, 11) is 0. The van der Waals surface area contributed by atoms with Crippen LogP contribution in [0.2, 0.25) is 0 Å². The average Bonchev–Trinajstić information content (AvgIpc) is 2.86. The minimum absolute atomic E-state index is 0.154. The van der Waals surface area contributed by atoms with Gasteiger partial charge in [-0.2, -0.15) is 0 Å². The Kier molecular flexibility index (Phi) is 4.57. The zero-order valence-corrected chi connectivity index (χ0v) is 13.1. The summed E-state index contributed by atoms with van der Waals surface area (Å²) in [6.45, 7) is 6.24. The molecule has 0 saturated heterocycles. The minimum atomic E-state index is -1.18. The second-order valence-electron chi connectivity index (χ2n) is 5.26. The van der Waals surface area contributed by atoms with E-state index in [1.54, 1.807) is 30.5 Å². The topological polar surface area (TPSA) is 72.2 Å². The largest absolute Gasteiger partial charge is 0.477 e. The van der Waals surface area contributed by atoms with Crippen LogP contribution in [-0.2, 0) is 13.0 Å². The number of nitrogens with zero attached hydrogens (tertiary/aromatic N) is 2. The lowest BCUT2D eigenvalue weighted by Gasteiger charge is -2.07. The van der Waals surface area contributed by atoms with Crippen molar-refractivity contribution in [3.05, 3.63) is 49.8 Å². The van der Waals surface area contributed by atoms with Gasteiger partial charge >= 0.3 is 5.97 Å². The predicted octanol–water partition coefficient (Wildman–Crippen LogP) is 2.68. The first kappa shape index (κ1) is 15.4. The molecule has 0 radical (unpaired) electrons. The van der Waals surface area contributed by atoms with E-state index in [1.165, 1.54) is 4.57 Å². The SMILES string of the molecule is Cc1ccn(CCc2csc(C(C)C)n2)c(=O)c1C(=O)O. The molecule has 0 unspecified atom stereocenters. The summed E-state index contributed by atoms with van der Waals surface area (Å²) in [5.74, 6) is -0.785. The molecular formula is C15H18N2O3S. The van der Waals surface area contributed by atoms with E-state index in [-0.39, 0.29) is 5.56 Å². The second-order valence-corrected chi connectivity index (χ2v) is 6.15. The number of carbonyl (C=O) groups is 1. The molecule has 0 amide bonds. The van der Waals surface area contributed by atoms with Gasteiger partial charge in [-0.1, -0.05) is 13.8 Å². The molecule has 1 N–H and O–H groups in total. The first-order chi connectivity index (χ1) is 9.90. The number of hydrogen-bond donors (Lipinski definition) is 1. The van der Waals surface area contributed by atoms with E-state index in [0.717, 1.165) is 10.7 Å². The van der Waals surface area contributed by atoms with Gasteiger partial charge in [0.2, 0.25) is 0 Å². The zero-order chi connectivity index (χ0) is 15.6. The third-order valence-electron chi connectivity index (χ3n) is 3.26. The van der Waals surface area contributed by atoms with E-state index in [9.17, 15) is 9.59 Å². The summed E-state index contributed by atoms with van der Waals surface area (Å²) >= 11 is 1.61. The fourth-order valence-corrected chi connectivity index (χ4v) is 2.91. The Morgan fingerprint density at radius 2 is 2.19 bits per heavy atom. The summed E-state index contributed by atoms with van der Waals surface area (Å²) in [4.78, 5) is 27.8.